The molecule has 0 aliphatic rings. The lowest BCUT2D eigenvalue weighted by Gasteiger charge is -1.98. The Bertz CT molecular complexity index is 724. The Morgan fingerprint density at radius 2 is 2.25 bits per heavy atom. The van der Waals surface area contributed by atoms with Crippen molar-refractivity contribution in [1.29, 1.82) is 0 Å². The number of benzene rings is 1. The number of nitrogens with one attached hydrogen (secondary N) is 2. The number of nitro groups is 1. The Kier molecular flexibility index (Phi) is 3.80. The Balaban J connectivity index is 2.10. The first kappa shape index (κ1) is 13.3. The van der Waals surface area contributed by atoms with E-state index in [0.29, 0.717) is 5.56 Å². The first-order valence-electron chi connectivity index (χ1n) is 5.53. The molecular weight excluding hydrogens is 264 g/mol. The van der Waals surface area contributed by atoms with Crippen LogP contribution in [-0.4, -0.2) is 26.3 Å². The summed E-state index contributed by atoms with van der Waals surface area (Å²) in [4.78, 5) is 23.8. The van der Waals surface area contributed by atoms with Gasteiger partial charge in [-0.1, -0.05) is 12.1 Å². The maximum Gasteiger partial charge on any atom is 0.274 e. The minimum Gasteiger partial charge on any atom is -0.288 e. The number of aromatic amines is 1. The smallest absolute Gasteiger partial charge is 0.274 e. The summed E-state index contributed by atoms with van der Waals surface area (Å²) in [5.41, 5.74) is 2.87. The zero-order chi connectivity index (χ0) is 14.5. The molecule has 102 valence electrons. The van der Waals surface area contributed by atoms with Gasteiger partial charge in [-0.25, -0.2) is 5.43 Å². The van der Waals surface area contributed by atoms with E-state index < -0.39 is 4.92 Å². The van der Waals surface area contributed by atoms with Crippen molar-refractivity contribution in [3.8, 4) is 0 Å². The monoisotopic (exact) mass is 274 g/mol. The van der Waals surface area contributed by atoms with Crippen LogP contribution in [0.3, 0.4) is 0 Å². The van der Waals surface area contributed by atoms with Gasteiger partial charge in [-0.2, -0.15) is 5.10 Å². The van der Waals surface area contributed by atoms with Crippen molar-refractivity contribution in [1.82, 2.24) is 15.2 Å². The van der Waals surface area contributed by atoms with E-state index in [4.69, 9.17) is 0 Å². The minimum atomic E-state index is -0.492. The van der Waals surface area contributed by atoms with Crippen molar-refractivity contribution >= 4 is 17.9 Å². The van der Waals surface area contributed by atoms with Gasteiger partial charge < -0.3 is 0 Å². The summed E-state index contributed by atoms with van der Waals surface area (Å²) in [5, 5.41) is 21.7. The first-order chi connectivity index (χ1) is 9.56. The lowest BCUT2D eigenvalue weighted by atomic mass is 10.2. The zero-order valence-corrected chi connectivity index (χ0v) is 10.4. The molecule has 2 N–H and O–H groups in total. The van der Waals surface area contributed by atoms with E-state index in [1.807, 2.05) is 0 Å². The molecule has 0 saturated carbocycles. The van der Waals surface area contributed by atoms with E-state index in [9.17, 15) is 14.9 Å². The molecule has 1 aromatic heterocycles. The number of nitrogens with zero attached hydrogens (tertiary/aromatic N) is 4. The summed E-state index contributed by atoms with van der Waals surface area (Å²) < 4.78 is 0. The van der Waals surface area contributed by atoms with Crippen molar-refractivity contribution in [2.24, 2.45) is 5.10 Å². The lowest BCUT2D eigenvalue weighted by Crippen LogP contribution is -2.15. The molecule has 0 fully saturated rings. The predicted octanol–water partition coefficient (Wildman–Crippen LogP) is 0.828. The van der Waals surface area contributed by atoms with Gasteiger partial charge in [-0.3, -0.25) is 19.9 Å². The second-order valence-corrected chi connectivity index (χ2v) is 3.81. The number of aromatic nitrogens is 3. The van der Waals surface area contributed by atoms with Gasteiger partial charge in [0, 0.05) is 17.7 Å². The molecule has 0 atom stereocenters. The molecule has 1 aromatic carbocycles. The van der Waals surface area contributed by atoms with Crippen LogP contribution in [0.15, 0.2) is 34.2 Å². The Hall–Kier alpha value is -3.10. The molecule has 1 heterocycles. The minimum absolute atomic E-state index is 0.0301. The molecule has 0 saturated heterocycles. The number of hydrogen-bond acceptors (Lipinski definition) is 7. The normalized spacial score (nSPS) is 10.7. The van der Waals surface area contributed by atoms with E-state index in [1.54, 1.807) is 12.1 Å². The van der Waals surface area contributed by atoms with E-state index in [-0.39, 0.29) is 22.9 Å². The average Bonchev–Trinajstić information content (AvgIpc) is 2.43. The number of H-pyrrole nitrogens is 1. The van der Waals surface area contributed by atoms with Crippen molar-refractivity contribution in [2.45, 2.75) is 6.92 Å². The second-order valence-electron chi connectivity index (χ2n) is 3.81. The highest BCUT2D eigenvalue weighted by Gasteiger charge is 2.04. The maximum absolute atomic E-state index is 11.3. The third-order valence-corrected chi connectivity index (χ3v) is 2.33. The second kappa shape index (κ2) is 5.69. The largest absolute Gasteiger partial charge is 0.288 e. The molecular formula is C11H10N6O3. The highest BCUT2D eigenvalue weighted by molar-refractivity contribution is 5.81. The van der Waals surface area contributed by atoms with E-state index in [2.05, 4.69) is 25.7 Å². The van der Waals surface area contributed by atoms with Gasteiger partial charge in [0.2, 0.25) is 5.95 Å². The molecule has 9 heteroatoms. The molecule has 0 spiro atoms. The van der Waals surface area contributed by atoms with Crippen LogP contribution in [0.1, 0.15) is 11.3 Å². The maximum atomic E-state index is 11.3. The van der Waals surface area contributed by atoms with Crippen LogP contribution in [0.5, 0.6) is 0 Å². The highest BCUT2D eigenvalue weighted by atomic mass is 16.6. The molecule has 20 heavy (non-hydrogen) atoms. The summed E-state index contributed by atoms with van der Waals surface area (Å²) in [6.07, 6.45) is 1.37. The first-order valence-corrected chi connectivity index (χ1v) is 5.53. The lowest BCUT2D eigenvalue weighted by molar-refractivity contribution is -0.384. The Morgan fingerprint density at radius 1 is 1.45 bits per heavy atom. The van der Waals surface area contributed by atoms with E-state index in [1.165, 1.54) is 25.3 Å². The van der Waals surface area contributed by atoms with Crippen molar-refractivity contribution < 1.29 is 4.92 Å². The van der Waals surface area contributed by atoms with Crippen LogP contribution in [0, 0.1) is 17.0 Å². The molecule has 0 bridgehead atoms. The van der Waals surface area contributed by atoms with Gasteiger partial charge in [0.15, 0.2) is 0 Å². The number of hydrazone groups is 1. The van der Waals surface area contributed by atoms with Crippen LogP contribution < -0.4 is 11.0 Å². The molecule has 0 radical (unpaired) electrons. The molecule has 9 nitrogen and oxygen atoms in total. The SMILES string of the molecule is Cc1nnc(NN=Cc2cccc([N+](=O)[O-])c2)[nH]c1=O. The van der Waals surface area contributed by atoms with Crippen LogP contribution in [0.25, 0.3) is 0 Å². The summed E-state index contributed by atoms with van der Waals surface area (Å²) >= 11 is 0. The number of non-ortho nitro benzene ring substituents is 1. The van der Waals surface area contributed by atoms with Crippen molar-refractivity contribution in [3.63, 3.8) is 0 Å². The number of aryl methyl sites for hydroxylation is 1. The van der Waals surface area contributed by atoms with Crippen LogP contribution in [0.2, 0.25) is 0 Å². The van der Waals surface area contributed by atoms with Crippen LogP contribution in [-0.2, 0) is 0 Å². The van der Waals surface area contributed by atoms with Gasteiger partial charge in [0.05, 0.1) is 11.1 Å². The standard InChI is InChI=1S/C11H10N6O3/c1-7-10(18)13-11(16-14-7)15-12-6-8-3-2-4-9(5-8)17(19)20/h2-6H,1H3,(H2,13,15,16,18). The Labute approximate surface area is 112 Å². The quantitative estimate of drug-likeness (QED) is 0.483. The van der Waals surface area contributed by atoms with Gasteiger partial charge in [0.1, 0.15) is 5.69 Å². The number of rotatable bonds is 4. The number of nitro benzene ring substituents is 1. The molecule has 0 unspecified atom stereocenters. The Morgan fingerprint density at radius 3 is 2.95 bits per heavy atom. The fourth-order valence-electron chi connectivity index (χ4n) is 1.33. The summed E-state index contributed by atoms with van der Waals surface area (Å²) in [6.45, 7) is 1.53. The molecule has 0 aliphatic carbocycles. The van der Waals surface area contributed by atoms with Crippen LogP contribution in [0.4, 0.5) is 11.6 Å². The molecule has 2 rings (SSSR count). The average molecular weight is 274 g/mol. The van der Waals surface area contributed by atoms with E-state index in [0.717, 1.165) is 0 Å². The third kappa shape index (κ3) is 3.22. The topological polar surface area (TPSA) is 126 Å². The fourth-order valence-corrected chi connectivity index (χ4v) is 1.33. The zero-order valence-electron chi connectivity index (χ0n) is 10.4. The fraction of sp³-hybridized carbons (Fsp3) is 0.0909. The highest BCUT2D eigenvalue weighted by Crippen LogP contribution is 2.11. The van der Waals surface area contributed by atoms with Crippen molar-refractivity contribution in [3.05, 3.63) is 56.0 Å². The predicted molar refractivity (Wildman–Crippen MR) is 71.7 cm³/mol. The van der Waals surface area contributed by atoms with Gasteiger partial charge in [-0.15, -0.1) is 10.2 Å². The summed E-state index contributed by atoms with van der Waals surface area (Å²) in [6, 6.07) is 5.96. The summed E-state index contributed by atoms with van der Waals surface area (Å²) in [7, 11) is 0. The van der Waals surface area contributed by atoms with Gasteiger partial charge >= 0.3 is 0 Å². The van der Waals surface area contributed by atoms with Crippen LogP contribution >= 0.6 is 0 Å². The molecule has 2 aromatic rings. The third-order valence-electron chi connectivity index (χ3n) is 2.33. The molecule has 0 amide bonds. The van der Waals surface area contributed by atoms with Crippen molar-refractivity contribution in [2.75, 3.05) is 5.43 Å². The number of anilines is 1. The van der Waals surface area contributed by atoms with E-state index >= 15 is 0 Å². The van der Waals surface area contributed by atoms with Gasteiger partial charge in [0.25, 0.3) is 11.2 Å². The molecule has 0 aliphatic heterocycles. The number of hydrogen-bond donors (Lipinski definition) is 2. The summed E-state index contributed by atoms with van der Waals surface area (Å²) in [5.74, 6) is 0.0854. The van der Waals surface area contributed by atoms with Gasteiger partial charge in [-0.05, 0) is 6.92 Å².